The van der Waals surface area contributed by atoms with Gasteiger partial charge in [0.15, 0.2) is 17.3 Å². The highest BCUT2D eigenvalue weighted by atomic mass is 35.5. The van der Waals surface area contributed by atoms with Crippen molar-refractivity contribution in [1.82, 2.24) is 19.4 Å². The predicted molar refractivity (Wildman–Crippen MR) is 150 cm³/mol. The van der Waals surface area contributed by atoms with E-state index in [2.05, 4.69) is 14.9 Å². The molecule has 2 aromatic heterocycles. The first kappa shape index (κ1) is 26.8. The highest BCUT2D eigenvalue weighted by Gasteiger charge is 2.59. The average molecular weight is 609 g/mol. The summed E-state index contributed by atoms with van der Waals surface area (Å²) in [5, 5.41) is 9.97. The molecule has 5 atom stereocenters. The maximum absolute atomic E-state index is 15.4. The van der Waals surface area contributed by atoms with Gasteiger partial charge in [-0.1, -0.05) is 11.6 Å². The van der Waals surface area contributed by atoms with Crippen LogP contribution in [0.15, 0.2) is 42.6 Å². The number of piperidine rings is 1. The van der Waals surface area contributed by atoms with Crippen LogP contribution >= 0.6 is 11.6 Å². The van der Waals surface area contributed by atoms with E-state index in [0.717, 1.165) is 12.5 Å². The molecule has 0 bridgehead atoms. The van der Waals surface area contributed by atoms with E-state index in [0.29, 0.717) is 71.9 Å². The summed E-state index contributed by atoms with van der Waals surface area (Å²) in [4.78, 5) is 22.8. The van der Waals surface area contributed by atoms with Crippen LogP contribution in [0.4, 0.5) is 8.78 Å². The van der Waals surface area contributed by atoms with E-state index in [1.807, 2.05) is 4.57 Å². The number of benzene rings is 2. The van der Waals surface area contributed by atoms with Crippen molar-refractivity contribution in [1.29, 1.82) is 0 Å². The molecule has 4 aliphatic rings. The van der Waals surface area contributed by atoms with Crippen LogP contribution in [0, 0.1) is 23.5 Å². The molecule has 3 unspecified atom stereocenters. The van der Waals surface area contributed by atoms with Crippen LogP contribution in [0.2, 0.25) is 5.02 Å². The number of carbonyl (C=O) groups is 1. The van der Waals surface area contributed by atoms with E-state index in [1.54, 1.807) is 25.1 Å². The Bertz CT molecular complexity index is 1780. The van der Waals surface area contributed by atoms with Gasteiger partial charge in [0.2, 0.25) is 0 Å². The van der Waals surface area contributed by atoms with E-state index in [-0.39, 0.29) is 40.8 Å². The van der Waals surface area contributed by atoms with Gasteiger partial charge in [-0.2, -0.15) is 0 Å². The molecule has 3 fully saturated rings. The summed E-state index contributed by atoms with van der Waals surface area (Å²) in [5.41, 5.74) is 1.54. The van der Waals surface area contributed by atoms with Gasteiger partial charge in [-0.05, 0) is 60.6 Å². The molecule has 2 aromatic carbocycles. The minimum atomic E-state index is -1.20. The van der Waals surface area contributed by atoms with Crippen molar-refractivity contribution in [2.75, 3.05) is 19.7 Å². The minimum Gasteiger partial charge on any atom is -0.478 e. The molecule has 0 amide bonds. The molecule has 12 heteroatoms. The number of carboxylic acids is 1. The Balaban J connectivity index is 1.03. The second-order valence-electron chi connectivity index (χ2n) is 11.9. The number of halogens is 3. The summed E-state index contributed by atoms with van der Waals surface area (Å²) < 4.78 is 50.2. The first-order chi connectivity index (χ1) is 20.7. The number of likely N-dealkylation sites (tertiary alicyclic amines) is 1. The van der Waals surface area contributed by atoms with Crippen LogP contribution in [0.1, 0.15) is 46.7 Å². The molecular formula is C31H27ClF2N4O5. The second-order valence-corrected chi connectivity index (χ2v) is 12.3. The standard InChI is InChI=1S/C31H27ClF2N4O5/c1-31(24-5-2-16(32)10-35-24)42-23-4-3-20(33)27(29(23)43-31)26-18-12-37(13-19(18)26)14-25-36-28-21(34)8-15(30(39)40)9-22(28)38(25)11-17-6-7-41-17/h2-5,8-10,17-19,26H,6-7,11-14H2,1H3,(H,39,40)/t17?,18-,19+,26?,31?. The normalized spacial score (nSPS) is 27.3. The van der Waals surface area contributed by atoms with E-state index in [4.69, 9.17) is 25.8 Å². The van der Waals surface area contributed by atoms with E-state index in [9.17, 15) is 14.3 Å². The third kappa shape index (κ3) is 4.36. The number of aromatic nitrogens is 3. The van der Waals surface area contributed by atoms with Gasteiger partial charge in [0, 0.05) is 38.4 Å². The molecule has 3 aliphatic heterocycles. The third-order valence-corrected chi connectivity index (χ3v) is 9.41. The Labute approximate surface area is 249 Å². The van der Waals surface area contributed by atoms with E-state index in [1.165, 1.54) is 18.3 Å². The molecular weight excluding hydrogens is 582 g/mol. The second kappa shape index (κ2) is 9.60. The summed E-state index contributed by atoms with van der Waals surface area (Å²) in [6.07, 6.45) is 2.37. The van der Waals surface area contributed by atoms with Gasteiger partial charge < -0.3 is 23.9 Å². The number of carboxylic acid groups (broad SMARTS) is 1. The zero-order valence-electron chi connectivity index (χ0n) is 23.1. The first-order valence-electron chi connectivity index (χ1n) is 14.3. The lowest BCUT2D eigenvalue weighted by atomic mass is 10.0. The summed E-state index contributed by atoms with van der Waals surface area (Å²) in [7, 11) is 0. The number of aromatic carboxylic acids is 1. The van der Waals surface area contributed by atoms with Gasteiger partial charge in [-0.15, -0.1) is 0 Å². The number of fused-ring (bicyclic) bond motifs is 3. The summed E-state index contributed by atoms with van der Waals surface area (Å²) in [6.45, 7) is 4.77. The van der Waals surface area contributed by atoms with Crippen LogP contribution in [-0.2, 0) is 23.6 Å². The molecule has 2 saturated heterocycles. The van der Waals surface area contributed by atoms with Crippen LogP contribution in [0.3, 0.4) is 0 Å². The highest BCUT2D eigenvalue weighted by Crippen LogP contribution is 2.63. The lowest BCUT2D eigenvalue weighted by Crippen LogP contribution is -2.33. The van der Waals surface area contributed by atoms with Gasteiger partial charge in [0.05, 0.1) is 35.3 Å². The first-order valence-corrected chi connectivity index (χ1v) is 14.6. The average Bonchev–Trinajstić information content (AvgIpc) is 3.25. The van der Waals surface area contributed by atoms with Crippen LogP contribution in [0.25, 0.3) is 11.0 Å². The molecule has 1 N–H and O–H groups in total. The summed E-state index contributed by atoms with van der Waals surface area (Å²) in [5.74, 6) is -1.43. The largest absolute Gasteiger partial charge is 0.478 e. The molecule has 5 heterocycles. The molecule has 0 spiro atoms. The maximum atomic E-state index is 15.4. The number of nitrogens with zero attached hydrogens (tertiary/aromatic N) is 4. The van der Waals surface area contributed by atoms with E-state index >= 15 is 4.39 Å². The molecule has 4 aromatic rings. The van der Waals surface area contributed by atoms with Gasteiger partial charge >= 0.3 is 5.97 Å². The zero-order chi connectivity index (χ0) is 29.6. The zero-order valence-corrected chi connectivity index (χ0v) is 23.9. The SMILES string of the molecule is CC1(c2ccc(Cl)cn2)Oc2ccc(F)c(C3[C@H]4CN(Cc5nc6c(F)cc(C(=O)O)cc6n5CC5CCO5)C[C@@H]34)c2O1. The summed E-state index contributed by atoms with van der Waals surface area (Å²) >= 11 is 6.00. The number of imidazole rings is 1. The fourth-order valence-corrected chi connectivity index (χ4v) is 7.02. The third-order valence-electron chi connectivity index (χ3n) is 9.18. The van der Waals surface area contributed by atoms with Crippen molar-refractivity contribution in [2.45, 2.75) is 44.2 Å². The quantitative estimate of drug-likeness (QED) is 0.300. The molecule has 43 heavy (non-hydrogen) atoms. The van der Waals surface area contributed by atoms with Crippen molar-refractivity contribution < 1.29 is 32.9 Å². The summed E-state index contributed by atoms with van der Waals surface area (Å²) in [6, 6.07) is 8.93. The Morgan fingerprint density at radius 1 is 1.14 bits per heavy atom. The van der Waals surface area contributed by atoms with Gasteiger partial charge in [0.25, 0.3) is 5.79 Å². The van der Waals surface area contributed by atoms with Crippen LogP contribution < -0.4 is 9.47 Å². The van der Waals surface area contributed by atoms with Crippen molar-refractivity contribution in [3.05, 3.63) is 81.9 Å². The van der Waals surface area contributed by atoms with E-state index < -0.39 is 17.6 Å². The fourth-order valence-electron chi connectivity index (χ4n) is 6.91. The predicted octanol–water partition coefficient (Wildman–Crippen LogP) is 5.34. The monoisotopic (exact) mass is 608 g/mol. The number of pyridine rings is 1. The Kier molecular flexibility index (Phi) is 5.98. The van der Waals surface area contributed by atoms with Crippen molar-refractivity contribution >= 4 is 28.6 Å². The Morgan fingerprint density at radius 3 is 2.60 bits per heavy atom. The lowest BCUT2D eigenvalue weighted by molar-refractivity contribution is -0.0721. The fraction of sp³-hybridized carbons (Fsp3) is 0.387. The Hall–Kier alpha value is -3.80. The van der Waals surface area contributed by atoms with Crippen molar-refractivity contribution in [3.8, 4) is 11.5 Å². The van der Waals surface area contributed by atoms with Crippen molar-refractivity contribution in [3.63, 3.8) is 0 Å². The number of hydrogen-bond acceptors (Lipinski definition) is 7. The van der Waals surface area contributed by atoms with Gasteiger partial charge in [-0.25, -0.2) is 18.6 Å². The lowest BCUT2D eigenvalue weighted by Gasteiger charge is -2.28. The number of rotatable bonds is 7. The smallest absolute Gasteiger partial charge is 0.335 e. The van der Waals surface area contributed by atoms with Gasteiger partial charge in [-0.3, -0.25) is 9.88 Å². The minimum absolute atomic E-state index is 0.0203. The van der Waals surface area contributed by atoms with Crippen LogP contribution in [-0.4, -0.2) is 56.3 Å². The number of hydrogen-bond donors (Lipinski definition) is 1. The molecule has 1 saturated carbocycles. The molecule has 1 aliphatic carbocycles. The molecule has 9 nitrogen and oxygen atoms in total. The maximum Gasteiger partial charge on any atom is 0.335 e. The van der Waals surface area contributed by atoms with Gasteiger partial charge in [0.1, 0.15) is 22.9 Å². The van der Waals surface area contributed by atoms with Crippen molar-refractivity contribution in [2.24, 2.45) is 11.8 Å². The highest BCUT2D eigenvalue weighted by molar-refractivity contribution is 6.30. The Morgan fingerprint density at radius 2 is 1.93 bits per heavy atom. The number of ether oxygens (including phenoxy) is 3. The van der Waals surface area contributed by atoms with Crippen LogP contribution in [0.5, 0.6) is 11.5 Å². The molecule has 8 rings (SSSR count). The molecule has 0 radical (unpaired) electrons. The molecule has 222 valence electrons. The topological polar surface area (TPSA) is 98.9 Å².